The maximum absolute atomic E-state index is 6.10. The Labute approximate surface area is 104 Å². The maximum Gasteiger partial charge on any atom is 0.125 e. The molecule has 84 valence electrons. The number of hydrogen-bond donors (Lipinski definition) is 1. The summed E-state index contributed by atoms with van der Waals surface area (Å²) in [4.78, 5) is 0. The predicted octanol–water partition coefficient (Wildman–Crippen LogP) is 3.09. The smallest absolute Gasteiger partial charge is 0.125 e. The Balaban J connectivity index is 2.47. The zero-order valence-electron chi connectivity index (χ0n) is 8.74. The molecular weight excluding hydrogens is 245 g/mol. The van der Waals surface area contributed by atoms with E-state index < -0.39 is 0 Å². The molecule has 0 fully saturated rings. The van der Waals surface area contributed by atoms with Crippen LogP contribution in [0.25, 0.3) is 0 Å². The number of nitrogens with zero attached hydrogens (tertiary/aromatic N) is 2. The van der Waals surface area contributed by atoms with Gasteiger partial charge in [0.25, 0.3) is 0 Å². The van der Waals surface area contributed by atoms with Crippen LogP contribution >= 0.6 is 23.2 Å². The first kappa shape index (κ1) is 11.4. The lowest BCUT2D eigenvalue weighted by atomic mass is 9.97. The van der Waals surface area contributed by atoms with E-state index in [-0.39, 0.29) is 5.92 Å². The van der Waals surface area contributed by atoms with Crippen LogP contribution < -0.4 is 5.73 Å². The van der Waals surface area contributed by atoms with Gasteiger partial charge in [0.1, 0.15) is 5.84 Å². The lowest BCUT2D eigenvalue weighted by Gasteiger charge is -2.17. The van der Waals surface area contributed by atoms with E-state index in [0.29, 0.717) is 22.3 Å². The molecule has 0 aromatic heterocycles. The third kappa shape index (κ3) is 2.06. The highest BCUT2D eigenvalue weighted by atomic mass is 35.5. The zero-order valence-corrected chi connectivity index (χ0v) is 10.3. The van der Waals surface area contributed by atoms with Crippen molar-refractivity contribution in [2.45, 2.75) is 13.3 Å². The Hall–Kier alpha value is -1.06. The Morgan fingerprint density at radius 3 is 2.44 bits per heavy atom. The quantitative estimate of drug-likeness (QED) is 0.824. The van der Waals surface area contributed by atoms with E-state index >= 15 is 0 Å². The van der Waals surface area contributed by atoms with Crippen LogP contribution in [-0.2, 0) is 0 Å². The molecule has 1 aliphatic rings. The number of hydrogen-bond acceptors (Lipinski definition) is 3. The van der Waals surface area contributed by atoms with Crippen molar-refractivity contribution in [2.75, 3.05) is 0 Å². The van der Waals surface area contributed by atoms with Gasteiger partial charge in [-0.2, -0.15) is 5.10 Å². The molecule has 0 saturated heterocycles. The van der Waals surface area contributed by atoms with E-state index in [9.17, 15) is 0 Å². The van der Waals surface area contributed by atoms with Crippen LogP contribution in [0.5, 0.6) is 0 Å². The summed E-state index contributed by atoms with van der Waals surface area (Å²) >= 11 is 12.2. The molecule has 2 N–H and O–H groups in total. The van der Waals surface area contributed by atoms with Crippen molar-refractivity contribution in [1.29, 1.82) is 0 Å². The summed E-state index contributed by atoms with van der Waals surface area (Å²) in [6, 6.07) is 5.38. The summed E-state index contributed by atoms with van der Waals surface area (Å²) < 4.78 is 0. The number of rotatable bonds is 1. The molecule has 5 heteroatoms. The number of nitrogens with two attached hydrogens (primary N) is 1. The summed E-state index contributed by atoms with van der Waals surface area (Å²) in [6.07, 6.45) is 0.707. The van der Waals surface area contributed by atoms with Gasteiger partial charge in [-0.3, -0.25) is 0 Å². The van der Waals surface area contributed by atoms with Crippen LogP contribution in [-0.4, -0.2) is 11.5 Å². The molecule has 16 heavy (non-hydrogen) atoms. The Morgan fingerprint density at radius 2 is 1.88 bits per heavy atom. The molecule has 2 rings (SSSR count). The molecule has 0 amide bonds. The first-order chi connectivity index (χ1) is 7.59. The molecule has 1 unspecified atom stereocenters. The van der Waals surface area contributed by atoms with E-state index in [1.54, 1.807) is 18.2 Å². The second kappa shape index (κ2) is 4.44. The van der Waals surface area contributed by atoms with Crippen molar-refractivity contribution in [3.8, 4) is 0 Å². The second-order valence-corrected chi connectivity index (χ2v) is 4.59. The van der Waals surface area contributed by atoms with E-state index in [1.807, 2.05) is 6.92 Å². The minimum atomic E-state index is 0.167. The molecule has 0 radical (unpaired) electrons. The SMILES string of the molecule is CC1CC(c2c(Cl)cccc2Cl)=NN=C1N. The molecule has 0 aliphatic carbocycles. The average molecular weight is 256 g/mol. The summed E-state index contributed by atoms with van der Waals surface area (Å²) in [6.45, 7) is 2.00. The Bertz CT molecular complexity index is 460. The largest absolute Gasteiger partial charge is 0.385 e. The van der Waals surface area contributed by atoms with Gasteiger partial charge < -0.3 is 5.73 Å². The van der Waals surface area contributed by atoms with Crippen molar-refractivity contribution in [3.05, 3.63) is 33.8 Å². The molecule has 1 aromatic carbocycles. The van der Waals surface area contributed by atoms with Gasteiger partial charge in [-0.05, 0) is 12.1 Å². The topological polar surface area (TPSA) is 50.7 Å². The lowest BCUT2D eigenvalue weighted by Crippen LogP contribution is -2.27. The molecule has 1 aliphatic heterocycles. The molecule has 0 spiro atoms. The summed E-state index contributed by atoms with van der Waals surface area (Å²) in [5.41, 5.74) is 7.22. The highest BCUT2D eigenvalue weighted by molar-refractivity contribution is 6.40. The highest BCUT2D eigenvalue weighted by Gasteiger charge is 2.20. The molecule has 1 heterocycles. The minimum Gasteiger partial charge on any atom is -0.385 e. The fraction of sp³-hybridized carbons (Fsp3) is 0.273. The van der Waals surface area contributed by atoms with E-state index in [0.717, 1.165) is 11.3 Å². The van der Waals surface area contributed by atoms with Gasteiger partial charge in [0.15, 0.2) is 0 Å². The van der Waals surface area contributed by atoms with E-state index in [4.69, 9.17) is 28.9 Å². The molecule has 3 nitrogen and oxygen atoms in total. The highest BCUT2D eigenvalue weighted by Crippen LogP contribution is 2.28. The minimum absolute atomic E-state index is 0.167. The van der Waals surface area contributed by atoms with Crippen LogP contribution in [0.2, 0.25) is 10.0 Å². The van der Waals surface area contributed by atoms with Crippen molar-refractivity contribution < 1.29 is 0 Å². The fourth-order valence-electron chi connectivity index (χ4n) is 1.58. The van der Waals surface area contributed by atoms with Crippen molar-refractivity contribution in [3.63, 3.8) is 0 Å². The Morgan fingerprint density at radius 1 is 1.25 bits per heavy atom. The number of halogens is 2. The first-order valence-corrected chi connectivity index (χ1v) is 5.69. The van der Waals surface area contributed by atoms with Gasteiger partial charge in [-0.1, -0.05) is 36.2 Å². The van der Waals surface area contributed by atoms with Crippen molar-refractivity contribution in [2.24, 2.45) is 21.9 Å². The van der Waals surface area contributed by atoms with Gasteiger partial charge in [0.05, 0.1) is 15.8 Å². The first-order valence-electron chi connectivity index (χ1n) is 4.94. The monoisotopic (exact) mass is 255 g/mol. The zero-order chi connectivity index (χ0) is 11.7. The van der Waals surface area contributed by atoms with Crippen LogP contribution in [0.3, 0.4) is 0 Å². The molecule has 1 atom stereocenters. The molecule has 0 bridgehead atoms. The van der Waals surface area contributed by atoms with Crippen LogP contribution in [0.4, 0.5) is 0 Å². The Kier molecular flexibility index (Phi) is 3.17. The van der Waals surface area contributed by atoms with Gasteiger partial charge >= 0.3 is 0 Å². The molecule has 1 aromatic rings. The third-order valence-electron chi connectivity index (χ3n) is 2.54. The van der Waals surface area contributed by atoms with Gasteiger partial charge in [-0.25, -0.2) is 0 Å². The van der Waals surface area contributed by atoms with Crippen molar-refractivity contribution >= 4 is 34.7 Å². The van der Waals surface area contributed by atoms with Crippen LogP contribution in [0, 0.1) is 5.92 Å². The van der Waals surface area contributed by atoms with E-state index in [2.05, 4.69) is 10.2 Å². The summed E-state index contributed by atoms with van der Waals surface area (Å²) in [5.74, 6) is 0.715. The van der Waals surface area contributed by atoms with Gasteiger partial charge in [0, 0.05) is 17.9 Å². The summed E-state index contributed by atoms with van der Waals surface area (Å²) in [5, 5.41) is 9.16. The standard InChI is InChI=1S/C11H11Cl2N3/c1-6-5-9(15-16-11(6)14)10-7(12)3-2-4-8(10)13/h2-4,6H,5H2,1H3,(H2,14,16). The van der Waals surface area contributed by atoms with Gasteiger partial charge in [-0.15, -0.1) is 5.10 Å². The second-order valence-electron chi connectivity index (χ2n) is 3.77. The van der Waals surface area contributed by atoms with Crippen LogP contribution in [0.15, 0.2) is 28.4 Å². The molecule has 0 saturated carbocycles. The summed E-state index contributed by atoms with van der Waals surface area (Å²) in [7, 11) is 0. The molecular formula is C11H11Cl2N3. The maximum atomic E-state index is 6.10. The average Bonchev–Trinajstić information content (AvgIpc) is 2.23. The normalized spacial score (nSPS) is 20.3. The number of amidine groups is 1. The predicted molar refractivity (Wildman–Crippen MR) is 68.4 cm³/mol. The van der Waals surface area contributed by atoms with E-state index in [1.165, 1.54) is 0 Å². The van der Waals surface area contributed by atoms with Crippen molar-refractivity contribution in [1.82, 2.24) is 0 Å². The number of benzene rings is 1. The van der Waals surface area contributed by atoms with Gasteiger partial charge in [0.2, 0.25) is 0 Å². The van der Waals surface area contributed by atoms with Crippen LogP contribution in [0.1, 0.15) is 18.9 Å². The third-order valence-corrected chi connectivity index (χ3v) is 3.17. The lowest BCUT2D eigenvalue weighted by molar-refractivity contribution is 0.779. The fourth-order valence-corrected chi connectivity index (χ4v) is 2.19.